The zero-order valence-corrected chi connectivity index (χ0v) is 19.7. The van der Waals surface area contributed by atoms with E-state index in [0.717, 1.165) is 50.5 Å². The highest BCUT2D eigenvalue weighted by molar-refractivity contribution is 7.10. The van der Waals surface area contributed by atoms with Crippen LogP contribution in [0.3, 0.4) is 0 Å². The van der Waals surface area contributed by atoms with Crippen LogP contribution in [0.15, 0.2) is 35.7 Å². The summed E-state index contributed by atoms with van der Waals surface area (Å²) in [5.74, 6) is 1.06. The lowest BCUT2D eigenvalue weighted by Crippen LogP contribution is -2.49. The molecule has 1 atom stereocenters. The van der Waals surface area contributed by atoms with Crippen LogP contribution in [0.1, 0.15) is 55.0 Å². The highest BCUT2D eigenvalue weighted by Crippen LogP contribution is 2.35. The SMILES string of the molecule is O=C(C1CCCC1)N(CC(=O)N1CCc2sccc2[C@@H]1COc1ccc(F)cc1)CC1CC1. The fraction of sp³-hybridized carbons (Fsp3) is 0.538. The van der Waals surface area contributed by atoms with Crippen molar-refractivity contribution in [1.82, 2.24) is 9.80 Å². The van der Waals surface area contributed by atoms with Crippen molar-refractivity contribution in [3.8, 4) is 5.75 Å². The van der Waals surface area contributed by atoms with E-state index in [-0.39, 0.29) is 36.1 Å². The van der Waals surface area contributed by atoms with Crippen molar-refractivity contribution in [2.75, 3.05) is 26.2 Å². The normalized spacial score (nSPS) is 20.5. The summed E-state index contributed by atoms with van der Waals surface area (Å²) in [5.41, 5.74) is 1.12. The van der Waals surface area contributed by atoms with Crippen molar-refractivity contribution in [3.63, 3.8) is 0 Å². The van der Waals surface area contributed by atoms with Gasteiger partial charge in [0.15, 0.2) is 0 Å². The Morgan fingerprint density at radius 1 is 1.09 bits per heavy atom. The Morgan fingerprint density at radius 3 is 2.58 bits per heavy atom. The van der Waals surface area contributed by atoms with E-state index in [4.69, 9.17) is 4.74 Å². The number of carbonyl (C=O) groups excluding carboxylic acids is 2. The predicted molar refractivity (Wildman–Crippen MR) is 126 cm³/mol. The van der Waals surface area contributed by atoms with Gasteiger partial charge in [-0.25, -0.2) is 4.39 Å². The minimum atomic E-state index is -0.306. The molecule has 2 amide bonds. The first kappa shape index (κ1) is 22.4. The van der Waals surface area contributed by atoms with E-state index < -0.39 is 0 Å². The summed E-state index contributed by atoms with van der Waals surface area (Å²) in [6.07, 6.45) is 7.24. The van der Waals surface area contributed by atoms with Crippen molar-refractivity contribution in [2.45, 2.75) is 51.0 Å². The molecule has 2 saturated carbocycles. The van der Waals surface area contributed by atoms with Gasteiger partial charge in [0.05, 0.1) is 12.6 Å². The predicted octanol–water partition coefficient (Wildman–Crippen LogP) is 4.82. The van der Waals surface area contributed by atoms with Gasteiger partial charge in [-0.1, -0.05) is 12.8 Å². The van der Waals surface area contributed by atoms with Crippen LogP contribution in [0.25, 0.3) is 0 Å². The van der Waals surface area contributed by atoms with Crippen molar-refractivity contribution in [3.05, 3.63) is 52.0 Å². The Balaban J connectivity index is 1.30. The number of rotatable bonds is 8. The quantitative estimate of drug-likeness (QED) is 0.556. The van der Waals surface area contributed by atoms with E-state index in [2.05, 4.69) is 11.4 Å². The van der Waals surface area contributed by atoms with E-state index in [1.165, 1.54) is 17.0 Å². The Hall–Kier alpha value is -2.41. The van der Waals surface area contributed by atoms with Gasteiger partial charge < -0.3 is 14.5 Å². The maximum atomic E-state index is 13.6. The molecular weight excluding hydrogens is 439 g/mol. The molecule has 7 heteroatoms. The second-order valence-electron chi connectivity index (χ2n) is 9.56. The van der Waals surface area contributed by atoms with Crippen molar-refractivity contribution >= 4 is 23.2 Å². The fourth-order valence-corrected chi connectivity index (χ4v) is 6.04. The van der Waals surface area contributed by atoms with E-state index >= 15 is 0 Å². The van der Waals surface area contributed by atoms with E-state index in [9.17, 15) is 14.0 Å². The van der Waals surface area contributed by atoms with Crippen LogP contribution in [0.2, 0.25) is 0 Å². The molecule has 5 nitrogen and oxygen atoms in total. The molecule has 0 spiro atoms. The lowest BCUT2D eigenvalue weighted by molar-refractivity contribution is -0.145. The number of halogens is 1. The summed E-state index contributed by atoms with van der Waals surface area (Å²) in [4.78, 5) is 31.8. The van der Waals surface area contributed by atoms with Crippen LogP contribution >= 0.6 is 11.3 Å². The van der Waals surface area contributed by atoms with Gasteiger partial charge in [-0.15, -0.1) is 11.3 Å². The molecule has 2 heterocycles. The summed E-state index contributed by atoms with van der Waals surface area (Å²) in [5, 5.41) is 2.06. The topological polar surface area (TPSA) is 49.9 Å². The van der Waals surface area contributed by atoms with Gasteiger partial charge in [0.1, 0.15) is 18.2 Å². The van der Waals surface area contributed by atoms with E-state index in [1.54, 1.807) is 23.5 Å². The summed E-state index contributed by atoms with van der Waals surface area (Å²) < 4.78 is 19.2. The van der Waals surface area contributed by atoms with Gasteiger partial charge in [0, 0.05) is 23.9 Å². The van der Waals surface area contributed by atoms with Crippen LogP contribution in [0.4, 0.5) is 4.39 Å². The van der Waals surface area contributed by atoms with Crippen LogP contribution in [0, 0.1) is 17.7 Å². The summed E-state index contributed by atoms with van der Waals surface area (Å²) in [6.45, 7) is 1.78. The number of benzene rings is 1. The zero-order chi connectivity index (χ0) is 22.8. The van der Waals surface area contributed by atoms with Gasteiger partial charge >= 0.3 is 0 Å². The highest BCUT2D eigenvalue weighted by atomic mass is 32.1. The third kappa shape index (κ3) is 5.24. The van der Waals surface area contributed by atoms with Crippen LogP contribution in [-0.4, -0.2) is 47.9 Å². The molecule has 176 valence electrons. The molecule has 2 aliphatic carbocycles. The Morgan fingerprint density at radius 2 is 1.85 bits per heavy atom. The standard InChI is InChI=1S/C26H31FN2O3S/c27-20-7-9-21(10-8-20)32-17-23-22-12-14-33-24(22)11-13-29(23)25(30)16-28(15-18-5-6-18)26(31)19-3-1-2-4-19/h7-10,12,14,18-19,23H,1-6,11,13,15-17H2/t23-/m0/s1. The van der Waals surface area contributed by atoms with Gasteiger partial charge in [0.25, 0.3) is 0 Å². The lowest BCUT2D eigenvalue weighted by Gasteiger charge is -2.37. The maximum Gasteiger partial charge on any atom is 0.242 e. The fourth-order valence-electron chi connectivity index (χ4n) is 5.11. The molecule has 2 aromatic rings. The van der Waals surface area contributed by atoms with Crippen molar-refractivity contribution in [1.29, 1.82) is 0 Å². The molecule has 0 unspecified atom stereocenters. The first-order valence-corrected chi connectivity index (χ1v) is 13.0. The molecular formula is C26H31FN2O3S. The minimum absolute atomic E-state index is 0.00782. The van der Waals surface area contributed by atoms with Crippen LogP contribution in [0.5, 0.6) is 5.75 Å². The van der Waals surface area contributed by atoms with Gasteiger partial charge in [-0.2, -0.15) is 0 Å². The highest BCUT2D eigenvalue weighted by Gasteiger charge is 2.36. The van der Waals surface area contributed by atoms with Crippen molar-refractivity contribution in [2.24, 2.45) is 11.8 Å². The molecule has 33 heavy (non-hydrogen) atoms. The maximum absolute atomic E-state index is 13.6. The number of hydrogen-bond donors (Lipinski definition) is 0. The lowest BCUT2D eigenvalue weighted by atomic mass is 10.00. The molecule has 0 saturated heterocycles. The Bertz CT molecular complexity index is 982. The molecule has 1 aromatic carbocycles. The van der Waals surface area contributed by atoms with Gasteiger partial charge in [0.2, 0.25) is 11.8 Å². The smallest absolute Gasteiger partial charge is 0.242 e. The molecule has 3 aliphatic rings. The molecule has 0 bridgehead atoms. The molecule has 5 rings (SSSR count). The number of nitrogens with zero attached hydrogens (tertiary/aromatic N) is 2. The number of amides is 2. The third-order valence-corrected chi connectivity index (χ3v) is 8.15. The zero-order valence-electron chi connectivity index (χ0n) is 18.9. The van der Waals surface area contributed by atoms with Crippen LogP contribution < -0.4 is 4.74 Å². The number of fused-ring (bicyclic) bond motifs is 1. The molecule has 2 fully saturated rings. The van der Waals surface area contributed by atoms with Crippen molar-refractivity contribution < 1.29 is 18.7 Å². The molecule has 0 radical (unpaired) electrons. The van der Waals surface area contributed by atoms with E-state index in [0.29, 0.717) is 31.4 Å². The average Bonchev–Trinajstić information content (AvgIpc) is 3.27. The van der Waals surface area contributed by atoms with Gasteiger partial charge in [-0.05, 0) is 79.3 Å². The molecule has 1 aromatic heterocycles. The van der Waals surface area contributed by atoms with Crippen LogP contribution in [-0.2, 0) is 16.0 Å². The number of hydrogen-bond acceptors (Lipinski definition) is 4. The summed E-state index contributed by atoms with van der Waals surface area (Å²) in [6, 6.07) is 7.83. The number of thiophene rings is 1. The second kappa shape index (κ2) is 9.84. The number of carbonyl (C=O) groups is 2. The second-order valence-corrected chi connectivity index (χ2v) is 10.6. The molecule has 1 aliphatic heterocycles. The first-order chi connectivity index (χ1) is 16.1. The monoisotopic (exact) mass is 470 g/mol. The minimum Gasteiger partial charge on any atom is -0.491 e. The average molecular weight is 471 g/mol. The summed E-state index contributed by atoms with van der Waals surface area (Å²) >= 11 is 1.71. The third-order valence-electron chi connectivity index (χ3n) is 7.15. The van der Waals surface area contributed by atoms with E-state index in [1.807, 2.05) is 9.80 Å². The summed E-state index contributed by atoms with van der Waals surface area (Å²) in [7, 11) is 0. The molecule has 0 N–H and O–H groups in total. The Kier molecular flexibility index (Phi) is 6.67. The Labute approximate surface area is 198 Å². The first-order valence-electron chi connectivity index (χ1n) is 12.1. The largest absolute Gasteiger partial charge is 0.491 e. The van der Waals surface area contributed by atoms with Gasteiger partial charge in [-0.3, -0.25) is 9.59 Å². The number of ether oxygens (including phenoxy) is 1.